The molecular weight excluding hydrogens is 258 g/mol. The third-order valence-electron chi connectivity index (χ3n) is 2.86. The fraction of sp³-hybridized carbons (Fsp3) is 0.0667. The van der Waals surface area contributed by atoms with Crippen molar-refractivity contribution in [2.24, 2.45) is 0 Å². The zero-order valence-corrected chi connectivity index (χ0v) is 11.0. The molecule has 0 atom stereocenters. The van der Waals surface area contributed by atoms with Crippen molar-refractivity contribution in [1.29, 1.82) is 0 Å². The van der Waals surface area contributed by atoms with E-state index >= 15 is 0 Å². The fourth-order valence-electron chi connectivity index (χ4n) is 1.94. The van der Waals surface area contributed by atoms with E-state index < -0.39 is 0 Å². The van der Waals surface area contributed by atoms with Crippen LogP contribution in [0.1, 0.15) is 4.88 Å². The highest BCUT2D eigenvalue weighted by Crippen LogP contribution is 2.32. The quantitative estimate of drug-likeness (QED) is 0.713. The molecular formula is C15H13NO2S. The minimum Gasteiger partial charge on any atom is -0.504 e. The molecule has 3 nitrogen and oxygen atoms in total. The second kappa shape index (κ2) is 4.82. The van der Waals surface area contributed by atoms with E-state index in [4.69, 9.17) is 10.5 Å². The van der Waals surface area contributed by atoms with Crippen molar-refractivity contribution in [1.82, 2.24) is 0 Å². The van der Waals surface area contributed by atoms with Crippen LogP contribution in [0.15, 0.2) is 48.5 Å². The number of rotatable bonds is 3. The van der Waals surface area contributed by atoms with Crippen LogP contribution in [0, 0.1) is 0 Å². The maximum Gasteiger partial charge on any atom is 0.161 e. The van der Waals surface area contributed by atoms with E-state index in [-0.39, 0.29) is 5.75 Å². The second-order valence-corrected chi connectivity index (χ2v) is 5.37. The normalized spacial score (nSPS) is 10.7. The Balaban J connectivity index is 1.83. The van der Waals surface area contributed by atoms with E-state index in [2.05, 4.69) is 6.07 Å². The van der Waals surface area contributed by atoms with Gasteiger partial charge < -0.3 is 15.6 Å². The summed E-state index contributed by atoms with van der Waals surface area (Å²) in [6.07, 6.45) is 0. The lowest BCUT2D eigenvalue weighted by molar-refractivity contribution is 0.292. The number of phenols is 1. The Bertz CT molecular complexity index is 721. The average Bonchev–Trinajstić information content (AvgIpc) is 2.82. The molecule has 0 bridgehead atoms. The van der Waals surface area contributed by atoms with E-state index in [1.54, 1.807) is 29.5 Å². The number of benzene rings is 2. The first kappa shape index (κ1) is 11.9. The Morgan fingerprint density at radius 2 is 1.95 bits per heavy atom. The predicted molar refractivity (Wildman–Crippen MR) is 78.7 cm³/mol. The van der Waals surface area contributed by atoms with Gasteiger partial charge in [-0.05, 0) is 29.7 Å². The molecule has 1 heterocycles. The molecule has 3 aromatic rings. The van der Waals surface area contributed by atoms with Gasteiger partial charge in [-0.2, -0.15) is 0 Å². The second-order valence-electron chi connectivity index (χ2n) is 4.23. The van der Waals surface area contributed by atoms with Crippen LogP contribution in [0.25, 0.3) is 10.1 Å². The molecule has 19 heavy (non-hydrogen) atoms. The molecule has 0 amide bonds. The number of hydrogen-bond acceptors (Lipinski definition) is 4. The lowest BCUT2D eigenvalue weighted by Gasteiger charge is -2.05. The van der Waals surface area contributed by atoms with Gasteiger partial charge in [-0.25, -0.2) is 0 Å². The van der Waals surface area contributed by atoms with Gasteiger partial charge in [0.15, 0.2) is 11.5 Å². The summed E-state index contributed by atoms with van der Waals surface area (Å²) < 4.78 is 6.69. The van der Waals surface area contributed by atoms with E-state index in [0.29, 0.717) is 12.4 Å². The van der Waals surface area contributed by atoms with Crippen molar-refractivity contribution in [2.45, 2.75) is 6.61 Å². The summed E-state index contributed by atoms with van der Waals surface area (Å²) in [6.45, 7) is 0.427. The molecule has 3 rings (SSSR count). The highest BCUT2D eigenvalue weighted by Gasteiger charge is 2.06. The van der Waals surface area contributed by atoms with E-state index in [1.807, 2.05) is 24.3 Å². The number of thiophene rings is 1. The minimum absolute atomic E-state index is 0.156. The molecule has 0 aliphatic rings. The number of ether oxygens (including phenoxy) is 1. The molecule has 4 heteroatoms. The topological polar surface area (TPSA) is 55.5 Å². The van der Waals surface area contributed by atoms with Gasteiger partial charge in [0.05, 0.1) is 4.70 Å². The van der Waals surface area contributed by atoms with Gasteiger partial charge >= 0.3 is 0 Å². The molecule has 0 aliphatic carbocycles. The summed E-state index contributed by atoms with van der Waals surface area (Å²) >= 11 is 1.62. The molecule has 96 valence electrons. The highest BCUT2D eigenvalue weighted by atomic mass is 32.1. The Morgan fingerprint density at radius 3 is 2.74 bits per heavy atom. The summed E-state index contributed by atoms with van der Waals surface area (Å²) in [4.78, 5) is 1.08. The fourth-order valence-corrected chi connectivity index (χ4v) is 2.93. The monoisotopic (exact) mass is 271 g/mol. The van der Waals surface area contributed by atoms with Crippen LogP contribution in [0.4, 0.5) is 5.69 Å². The molecule has 0 saturated carbocycles. The molecule has 0 spiro atoms. The number of aromatic hydroxyl groups is 1. The average molecular weight is 271 g/mol. The number of para-hydroxylation sites is 2. The lowest BCUT2D eigenvalue weighted by atomic mass is 10.2. The van der Waals surface area contributed by atoms with Crippen molar-refractivity contribution >= 4 is 27.1 Å². The molecule has 0 unspecified atom stereocenters. The Labute approximate surface area is 114 Å². The zero-order chi connectivity index (χ0) is 13.2. The number of fused-ring (bicyclic) bond motifs is 1. The summed E-state index contributed by atoms with van der Waals surface area (Å²) in [5, 5.41) is 10.8. The molecule has 0 saturated heterocycles. The first-order valence-corrected chi connectivity index (χ1v) is 6.73. The third-order valence-corrected chi connectivity index (χ3v) is 4.03. The smallest absolute Gasteiger partial charge is 0.161 e. The van der Waals surface area contributed by atoms with E-state index in [1.165, 1.54) is 0 Å². The number of nitrogens with two attached hydrogens (primary N) is 1. The van der Waals surface area contributed by atoms with Gasteiger partial charge in [0.2, 0.25) is 0 Å². The highest BCUT2D eigenvalue weighted by molar-refractivity contribution is 7.19. The van der Waals surface area contributed by atoms with Gasteiger partial charge in [-0.1, -0.05) is 24.3 Å². The van der Waals surface area contributed by atoms with Crippen LogP contribution in [-0.4, -0.2) is 5.11 Å². The van der Waals surface area contributed by atoms with E-state index in [9.17, 15) is 5.11 Å². The first-order chi connectivity index (χ1) is 9.24. The SMILES string of the molecule is Nc1cccc2cc(COc3ccccc3O)sc12. The number of phenolic OH excluding ortho intramolecular Hbond substituents is 1. The standard InChI is InChI=1S/C15H13NO2S/c16-12-5-3-4-10-8-11(19-15(10)12)9-18-14-7-2-1-6-13(14)17/h1-8,17H,9,16H2. The number of anilines is 1. The van der Waals surface area contributed by atoms with Gasteiger partial charge in [-0.3, -0.25) is 0 Å². The summed E-state index contributed by atoms with van der Waals surface area (Å²) in [5.41, 5.74) is 6.72. The van der Waals surface area contributed by atoms with Crippen LogP contribution in [0.3, 0.4) is 0 Å². The Morgan fingerprint density at radius 1 is 1.11 bits per heavy atom. The van der Waals surface area contributed by atoms with Crippen LogP contribution in [0.2, 0.25) is 0 Å². The van der Waals surface area contributed by atoms with Gasteiger partial charge in [0, 0.05) is 10.6 Å². The van der Waals surface area contributed by atoms with Crippen molar-refractivity contribution in [3.63, 3.8) is 0 Å². The van der Waals surface area contributed by atoms with Gasteiger partial charge in [-0.15, -0.1) is 11.3 Å². The first-order valence-electron chi connectivity index (χ1n) is 5.92. The zero-order valence-electron chi connectivity index (χ0n) is 10.2. The summed E-state index contributed by atoms with van der Waals surface area (Å²) in [7, 11) is 0. The lowest BCUT2D eigenvalue weighted by Crippen LogP contribution is -1.92. The Kier molecular flexibility index (Phi) is 3.01. The summed E-state index contributed by atoms with van der Waals surface area (Å²) in [5.74, 6) is 0.649. The maximum absolute atomic E-state index is 9.63. The van der Waals surface area contributed by atoms with Crippen LogP contribution >= 0.6 is 11.3 Å². The number of hydrogen-bond donors (Lipinski definition) is 2. The molecule has 1 aromatic heterocycles. The van der Waals surface area contributed by atoms with E-state index in [0.717, 1.165) is 20.7 Å². The molecule has 0 fully saturated rings. The van der Waals surface area contributed by atoms with Crippen LogP contribution in [0.5, 0.6) is 11.5 Å². The van der Waals surface area contributed by atoms with Crippen LogP contribution in [-0.2, 0) is 6.61 Å². The van der Waals surface area contributed by atoms with Crippen LogP contribution < -0.4 is 10.5 Å². The Hall–Kier alpha value is -2.20. The number of nitrogen functional groups attached to an aromatic ring is 1. The molecule has 0 radical (unpaired) electrons. The van der Waals surface area contributed by atoms with Gasteiger partial charge in [0.1, 0.15) is 6.61 Å². The molecule has 2 aromatic carbocycles. The van der Waals surface area contributed by atoms with Crippen molar-refractivity contribution in [3.8, 4) is 11.5 Å². The van der Waals surface area contributed by atoms with Gasteiger partial charge in [0.25, 0.3) is 0 Å². The third kappa shape index (κ3) is 2.35. The van der Waals surface area contributed by atoms with Crippen molar-refractivity contribution < 1.29 is 9.84 Å². The summed E-state index contributed by atoms with van der Waals surface area (Å²) in [6, 6.07) is 14.9. The van der Waals surface area contributed by atoms with Crippen molar-refractivity contribution in [3.05, 3.63) is 53.4 Å². The largest absolute Gasteiger partial charge is 0.504 e. The van der Waals surface area contributed by atoms with Crippen molar-refractivity contribution in [2.75, 3.05) is 5.73 Å². The molecule has 3 N–H and O–H groups in total. The predicted octanol–water partition coefficient (Wildman–Crippen LogP) is 3.77. The molecule has 0 aliphatic heterocycles. The minimum atomic E-state index is 0.156. The maximum atomic E-state index is 9.63.